The number of hydrogen-bond acceptors (Lipinski definition) is 4. The van der Waals surface area contributed by atoms with E-state index in [1.807, 2.05) is 6.92 Å². The second kappa shape index (κ2) is 7.65. The summed E-state index contributed by atoms with van der Waals surface area (Å²) in [5, 5.41) is 13.1. The number of carbonyl (C=O) groups is 3. The standard InChI is InChI=1S/C23H17ClN2O4/c1-2-13-17(24)11-12-18(25-21(28)16-9-5-6-10-19(16)27)20(13)26-22(29)14-7-3-4-8-15(14)23(26)30/h3-12,27H,2H2,1H3,(H,25,28). The van der Waals surface area contributed by atoms with Crippen LogP contribution in [0.5, 0.6) is 5.75 Å². The lowest BCUT2D eigenvalue weighted by atomic mass is 10.1. The van der Waals surface area contributed by atoms with E-state index in [9.17, 15) is 19.5 Å². The SMILES string of the molecule is CCc1c(Cl)ccc(NC(=O)c2ccccc2O)c1N1C(=O)c2ccccc2C1=O. The van der Waals surface area contributed by atoms with Crippen LogP contribution in [0.1, 0.15) is 43.6 Å². The van der Waals surface area contributed by atoms with Gasteiger partial charge in [-0.2, -0.15) is 0 Å². The molecule has 0 saturated carbocycles. The smallest absolute Gasteiger partial charge is 0.266 e. The van der Waals surface area contributed by atoms with E-state index in [1.54, 1.807) is 42.5 Å². The summed E-state index contributed by atoms with van der Waals surface area (Å²) >= 11 is 6.36. The van der Waals surface area contributed by atoms with Gasteiger partial charge in [0.1, 0.15) is 5.75 Å². The Labute approximate surface area is 177 Å². The van der Waals surface area contributed by atoms with E-state index < -0.39 is 17.7 Å². The summed E-state index contributed by atoms with van der Waals surface area (Å²) in [4.78, 5) is 39.9. The summed E-state index contributed by atoms with van der Waals surface area (Å²) in [6, 6.07) is 15.8. The van der Waals surface area contributed by atoms with Crippen molar-refractivity contribution in [1.29, 1.82) is 0 Å². The van der Waals surface area contributed by atoms with Gasteiger partial charge in [0.2, 0.25) is 0 Å². The first-order chi connectivity index (χ1) is 14.4. The zero-order chi connectivity index (χ0) is 21.4. The van der Waals surface area contributed by atoms with Crippen LogP contribution in [-0.2, 0) is 6.42 Å². The lowest BCUT2D eigenvalue weighted by Crippen LogP contribution is -2.31. The maximum Gasteiger partial charge on any atom is 0.266 e. The Bertz CT molecular complexity index is 1170. The number of anilines is 2. The highest BCUT2D eigenvalue weighted by Gasteiger charge is 2.39. The fraction of sp³-hybridized carbons (Fsp3) is 0.0870. The van der Waals surface area contributed by atoms with Crippen LogP contribution < -0.4 is 10.2 Å². The first kappa shape index (κ1) is 19.7. The van der Waals surface area contributed by atoms with Crippen molar-refractivity contribution < 1.29 is 19.5 Å². The average molecular weight is 421 g/mol. The van der Waals surface area contributed by atoms with Crippen LogP contribution >= 0.6 is 11.6 Å². The fourth-order valence-corrected chi connectivity index (χ4v) is 3.84. The summed E-state index contributed by atoms with van der Waals surface area (Å²) in [5.74, 6) is -1.71. The Hall–Kier alpha value is -3.64. The Balaban J connectivity index is 1.83. The van der Waals surface area contributed by atoms with Crippen LogP contribution in [0, 0.1) is 0 Å². The lowest BCUT2D eigenvalue weighted by molar-refractivity contribution is 0.0923. The minimum Gasteiger partial charge on any atom is -0.507 e. The summed E-state index contributed by atoms with van der Waals surface area (Å²) in [6.45, 7) is 1.84. The molecule has 0 saturated heterocycles. The molecule has 150 valence electrons. The van der Waals surface area contributed by atoms with Gasteiger partial charge in [-0.3, -0.25) is 14.4 Å². The lowest BCUT2D eigenvalue weighted by Gasteiger charge is -2.23. The number of amides is 3. The van der Waals surface area contributed by atoms with Gasteiger partial charge >= 0.3 is 0 Å². The Morgan fingerprint density at radius 2 is 1.57 bits per heavy atom. The molecule has 4 rings (SSSR count). The van der Waals surface area contributed by atoms with Gasteiger partial charge in [-0.15, -0.1) is 0 Å². The molecule has 2 N–H and O–H groups in total. The number of phenols is 1. The highest BCUT2D eigenvalue weighted by Crippen LogP contribution is 2.40. The number of benzene rings is 3. The molecule has 3 amide bonds. The van der Waals surface area contributed by atoms with Crippen LogP contribution in [0.25, 0.3) is 0 Å². The number of halogens is 1. The number of nitrogens with zero attached hydrogens (tertiary/aromatic N) is 1. The predicted octanol–water partition coefficient (Wildman–Crippen LogP) is 4.66. The number of carbonyl (C=O) groups excluding carboxylic acids is 3. The van der Waals surface area contributed by atoms with Gasteiger partial charge in [0.15, 0.2) is 0 Å². The van der Waals surface area contributed by atoms with Crippen LogP contribution in [0.3, 0.4) is 0 Å². The molecule has 0 bridgehead atoms. The van der Waals surface area contributed by atoms with E-state index in [4.69, 9.17) is 11.6 Å². The predicted molar refractivity (Wildman–Crippen MR) is 114 cm³/mol. The van der Waals surface area contributed by atoms with Crippen LogP contribution in [0.15, 0.2) is 60.7 Å². The van der Waals surface area contributed by atoms with Gasteiger partial charge in [-0.25, -0.2) is 4.90 Å². The Morgan fingerprint density at radius 3 is 2.17 bits per heavy atom. The maximum atomic E-state index is 13.1. The number of phenolic OH excluding ortho intramolecular Hbond substituents is 1. The number of aromatic hydroxyl groups is 1. The van der Waals surface area contributed by atoms with Crippen molar-refractivity contribution >= 4 is 40.7 Å². The number of rotatable bonds is 4. The highest BCUT2D eigenvalue weighted by molar-refractivity contribution is 6.37. The number of fused-ring (bicyclic) bond motifs is 1. The van der Waals surface area contributed by atoms with Crippen LogP contribution in [0.2, 0.25) is 5.02 Å². The van der Waals surface area contributed by atoms with Crippen molar-refractivity contribution in [1.82, 2.24) is 0 Å². The van der Waals surface area contributed by atoms with E-state index >= 15 is 0 Å². The minimum absolute atomic E-state index is 0.0683. The summed E-state index contributed by atoms with van der Waals surface area (Å²) in [5.41, 5.74) is 1.70. The van der Waals surface area contributed by atoms with Crippen molar-refractivity contribution in [2.75, 3.05) is 10.2 Å². The molecule has 0 spiro atoms. The average Bonchev–Trinajstić information content (AvgIpc) is 3.00. The molecule has 3 aromatic rings. The minimum atomic E-state index is -0.574. The Morgan fingerprint density at radius 1 is 0.967 bits per heavy atom. The number of imide groups is 1. The maximum absolute atomic E-state index is 13.1. The molecule has 30 heavy (non-hydrogen) atoms. The molecule has 0 aromatic heterocycles. The quantitative estimate of drug-likeness (QED) is 0.601. The number of para-hydroxylation sites is 1. The number of nitrogens with one attached hydrogen (secondary N) is 1. The molecule has 0 unspecified atom stereocenters. The molecule has 1 aliphatic heterocycles. The molecule has 1 heterocycles. The fourth-order valence-electron chi connectivity index (χ4n) is 3.55. The number of hydrogen-bond donors (Lipinski definition) is 2. The Kier molecular flexibility index (Phi) is 5.01. The summed E-state index contributed by atoms with van der Waals surface area (Å²) < 4.78 is 0. The zero-order valence-electron chi connectivity index (χ0n) is 16.0. The van der Waals surface area contributed by atoms with Crippen molar-refractivity contribution in [2.24, 2.45) is 0 Å². The van der Waals surface area contributed by atoms with Crippen molar-refractivity contribution in [3.8, 4) is 5.75 Å². The molecular weight excluding hydrogens is 404 g/mol. The molecule has 0 aliphatic carbocycles. The first-order valence-electron chi connectivity index (χ1n) is 9.32. The van der Waals surface area contributed by atoms with E-state index in [2.05, 4.69) is 5.32 Å². The molecule has 0 atom stereocenters. The van der Waals surface area contributed by atoms with Crippen molar-refractivity contribution in [3.63, 3.8) is 0 Å². The topological polar surface area (TPSA) is 86.7 Å². The molecule has 1 aliphatic rings. The van der Waals surface area contributed by atoms with Gasteiger partial charge < -0.3 is 10.4 Å². The third-order valence-corrected chi connectivity index (χ3v) is 5.35. The summed E-state index contributed by atoms with van der Waals surface area (Å²) in [6.07, 6.45) is 0.432. The second-order valence-electron chi connectivity index (χ2n) is 6.74. The normalized spacial score (nSPS) is 12.8. The van der Waals surface area contributed by atoms with Crippen LogP contribution in [0.4, 0.5) is 11.4 Å². The van der Waals surface area contributed by atoms with Gasteiger partial charge in [0.05, 0.1) is 28.1 Å². The highest BCUT2D eigenvalue weighted by atomic mass is 35.5. The van der Waals surface area contributed by atoms with Gasteiger partial charge in [0, 0.05) is 5.02 Å². The molecule has 7 heteroatoms. The monoisotopic (exact) mass is 420 g/mol. The van der Waals surface area contributed by atoms with E-state index in [1.165, 1.54) is 18.2 Å². The van der Waals surface area contributed by atoms with Gasteiger partial charge in [0.25, 0.3) is 17.7 Å². The third kappa shape index (κ3) is 3.11. The van der Waals surface area contributed by atoms with E-state index in [-0.39, 0.29) is 22.7 Å². The van der Waals surface area contributed by atoms with Crippen molar-refractivity contribution in [2.45, 2.75) is 13.3 Å². The molecule has 6 nitrogen and oxygen atoms in total. The largest absolute Gasteiger partial charge is 0.507 e. The first-order valence-corrected chi connectivity index (χ1v) is 9.70. The molecule has 0 fully saturated rings. The van der Waals surface area contributed by atoms with Gasteiger partial charge in [-0.1, -0.05) is 42.8 Å². The third-order valence-electron chi connectivity index (χ3n) is 4.99. The van der Waals surface area contributed by atoms with Crippen molar-refractivity contribution in [3.05, 3.63) is 87.9 Å². The van der Waals surface area contributed by atoms with Crippen LogP contribution in [-0.4, -0.2) is 22.8 Å². The summed E-state index contributed by atoms with van der Waals surface area (Å²) in [7, 11) is 0. The zero-order valence-corrected chi connectivity index (χ0v) is 16.7. The second-order valence-corrected chi connectivity index (χ2v) is 7.15. The van der Waals surface area contributed by atoms with E-state index in [0.717, 1.165) is 4.90 Å². The molecule has 3 aromatic carbocycles. The van der Waals surface area contributed by atoms with Gasteiger partial charge in [-0.05, 0) is 48.4 Å². The molecule has 0 radical (unpaired) electrons. The molecular formula is C23H17ClN2O4. The van der Waals surface area contributed by atoms with E-state index in [0.29, 0.717) is 28.1 Å².